The lowest BCUT2D eigenvalue weighted by molar-refractivity contribution is -0.138. The lowest BCUT2D eigenvalue weighted by atomic mass is 10.1. The molecule has 0 saturated carbocycles. The Morgan fingerprint density at radius 1 is 1.22 bits per heavy atom. The summed E-state index contributed by atoms with van der Waals surface area (Å²) in [6, 6.07) is 6.17. The number of likely N-dealkylation sites (tertiary alicyclic amines) is 1. The number of nitrogens with two attached hydrogens (primary N) is 1. The molecule has 3 aliphatic rings. The number of rotatable bonds is 6. The van der Waals surface area contributed by atoms with Crippen molar-refractivity contribution in [2.24, 2.45) is 5.73 Å². The number of aromatic nitrogens is 2. The van der Waals surface area contributed by atoms with Crippen molar-refractivity contribution in [1.82, 2.24) is 19.4 Å². The molecule has 2 unspecified atom stereocenters. The second-order valence-corrected chi connectivity index (χ2v) is 9.50. The van der Waals surface area contributed by atoms with E-state index in [0.717, 1.165) is 44.4 Å². The van der Waals surface area contributed by atoms with E-state index in [-0.39, 0.29) is 25.3 Å². The van der Waals surface area contributed by atoms with Crippen LogP contribution < -0.4 is 11.3 Å². The van der Waals surface area contributed by atoms with Crippen molar-refractivity contribution in [3.63, 3.8) is 0 Å². The maximum atomic E-state index is 12.6. The number of halogens is 3. The van der Waals surface area contributed by atoms with Gasteiger partial charge in [-0.3, -0.25) is 24.4 Å². The van der Waals surface area contributed by atoms with E-state index in [1.807, 2.05) is 12.3 Å². The monoisotopic (exact) mass is 523 g/mol. The molecule has 1 amide bonds. The van der Waals surface area contributed by atoms with Crippen molar-refractivity contribution in [3.8, 4) is 0 Å². The van der Waals surface area contributed by atoms with Crippen LogP contribution in [0.15, 0.2) is 41.5 Å². The first-order chi connectivity index (χ1) is 17.7. The summed E-state index contributed by atoms with van der Waals surface area (Å²) in [5, 5.41) is 0. The summed E-state index contributed by atoms with van der Waals surface area (Å²) < 4.78 is 50.5. The average Bonchev–Trinajstić information content (AvgIpc) is 3.55. The normalized spacial score (nSPS) is 22.4. The van der Waals surface area contributed by atoms with Gasteiger partial charge in [-0.05, 0) is 30.5 Å². The molecule has 37 heavy (non-hydrogen) atoms. The maximum absolute atomic E-state index is 12.6. The van der Waals surface area contributed by atoms with Crippen LogP contribution in [0.1, 0.15) is 29.7 Å². The first kappa shape index (κ1) is 27.2. The quantitative estimate of drug-likeness (QED) is 0.614. The van der Waals surface area contributed by atoms with Gasteiger partial charge >= 0.3 is 6.18 Å². The van der Waals surface area contributed by atoms with Crippen LogP contribution in [-0.2, 0) is 40.1 Å². The number of primary amides is 1. The number of nitrogens with zero attached hydrogens (tertiary/aromatic N) is 4. The molecular weight excluding hydrogens is 491 g/mol. The Morgan fingerprint density at radius 2 is 2.05 bits per heavy atom. The first-order valence-corrected chi connectivity index (χ1v) is 12.3. The van der Waals surface area contributed by atoms with Gasteiger partial charge in [-0.1, -0.05) is 6.07 Å². The average molecular weight is 524 g/mol. The van der Waals surface area contributed by atoms with Crippen molar-refractivity contribution in [2.75, 3.05) is 39.4 Å². The minimum Gasteiger partial charge on any atom is -0.380 e. The lowest BCUT2D eigenvalue weighted by Gasteiger charge is -2.29. The highest BCUT2D eigenvalue weighted by Gasteiger charge is 2.33. The fraction of sp³-hybridized carbons (Fsp3) is 0.560. The summed E-state index contributed by atoms with van der Waals surface area (Å²) in [5.74, 6) is -0.553. The number of hydrogen-bond donors (Lipinski definition) is 1. The third kappa shape index (κ3) is 7.60. The summed E-state index contributed by atoms with van der Waals surface area (Å²) in [7, 11) is 0. The minimum atomic E-state index is -4.55. The Kier molecular flexibility index (Phi) is 8.95. The number of fused-ring (bicyclic) bond motifs is 1. The summed E-state index contributed by atoms with van der Waals surface area (Å²) in [4.78, 5) is 30.6. The SMILES string of the molecule is NC(=O)CN1CCn2c(cc(C(F)(F)F)cc2=O)C1.c1cncc(COC2CCN(C3CCOC3)C2)c1. The molecule has 12 heteroatoms. The van der Waals surface area contributed by atoms with Crippen LogP contribution in [-0.4, -0.2) is 76.8 Å². The molecule has 2 N–H and O–H groups in total. The van der Waals surface area contributed by atoms with Crippen LogP contribution in [0.25, 0.3) is 0 Å². The first-order valence-electron chi connectivity index (χ1n) is 12.3. The Balaban J connectivity index is 0.000000173. The van der Waals surface area contributed by atoms with Gasteiger partial charge in [-0.2, -0.15) is 13.2 Å². The molecule has 2 saturated heterocycles. The zero-order chi connectivity index (χ0) is 26.4. The summed E-state index contributed by atoms with van der Waals surface area (Å²) in [6.07, 6.45) is 1.79. The lowest BCUT2D eigenvalue weighted by Crippen LogP contribution is -2.42. The number of hydrogen-bond acceptors (Lipinski definition) is 7. The highest BCUT2D eigenvalue weighted by molar-refractivity contribution is 5.75. The van der Waals surface area contributed by atoms with E-state index in [4.69, 9.17) is 15.2 Å². The molecule has 0 radical (unpaired) electrons. The van der Waals surface area contributed by atoms with Crippen LogP contribution in [0.2, 0.25) is 0 Å². The van der Waals surface area contributed by atoms with E-state index in [9.17, 15) is 22.8 Å². The van der Waals surface area contributed by atoms with Crippen LogP contribution in [0, 0.1) is 0 Å². The summed E-state index contributed by atoms with van der Waals surface area (Å²) in [6.45, 7) is 5.40. The van der Waals surface area contributed by atoms with Crippen molar-refractivity contribution < 1.29 is 27.4 Å². The molecule has 202 valence electrons. The molecule has 9 nitrogen and oxygen atoms in total. The van der Waals surface area contributed by atoms with Crippen LogP contribution in [0.5, 0.6) is 0 Å². The minimum absolute atomic E-state index is 0.0373. The number of pyridine rings is 2. The highest BCUT2D eigenvalue weighted by atomic mass is 19.4. The zero-order valence-electron chi connectivity index (χ0n) is 20.5. The molecule has 3 aliphatic heterocycles. The second-order valence-electron chi connectivity index (χ2n) is 9.50. The van der Waals surface area contributed by atoms with E-state index in [0.29, 0.717) is 31.4 Å². The van der Waals surface area contributed by atoms with Crippen LogP contribution in [0.4, 0.5) is 13.2 Å². The predicted molar refractivity (Wildman–Crippen MR) is 128 cm³/mol. The van der Waals surface area contributed by atoms with Gasteiger partial charge in [0.05, 0.1) is 31.4 Å². The molecule has 0 aliphatic carbocycles. The summed E-state index contributed by atoms with van der Waals surface area (Å²) in [5.41, 5.74) is 4.79. The predicted octanol–water partition coefficient (Wildman–Crippen LogP) is 1.63. The highest BCUT2D eigenvalue weighted by Crippen LogP contribution is 2.29. The number of carbonyl (C=O) groups excluding carboxylic acids is 1. The molecule has 5 rings (SSSR count). The van der Waals surface area contributed by atoms with Gasteiger partial charge in [0.15, 0.2) is 0 Å². The number of alkyl halides is 3. The second kappa shape index (κ2) is 12.2. The Bertz CT molecular complexity index is 1110. The molecule has 2 atom stereocenters. The molecule has 5 heterocycles. The van der Waals surface area contributed by atoms with Gasteiger partial charge < -0.3 is 19.8 Å². The smallest absolute Gasteiger partial charge is 0.380 e. The molecule has 2 aromatic heterocycles. The van der Waals surface area contributed by atoms with Crippen molar-refractivity contribution >= 4 is 5.91 Å². The Labute approximate surface area is 213 Å². The van der Waals surface area contributed by atoms with Crippen LogP contribution >= 0.6 is 0 Å². The molecule has 0 spiro atoms. The number of ether oxygens (including phenoxy) is 2. The third-order valence-corrected chi connectivity index (χ3v) is 6.75. The van der Waals surface area contributed by atoms with E-state index >= 15 is 0 Å². The van der Waals surface area contributed by atoms with E-state index in [1.54, 1.807) is 11.1 Å². The molecular formula is C25H32F3N5O4. The Morgan fingerprint density at radius 3 is 2.73 bits per heavy atom. The fourth-order valence-electron chi connectivity index (χ4n) is 4.83. The molecule has 2 fully saturated rings. The third-order valence-electron chi connectivity index (χ3n) is 6.75. The van der Waals surface area contributed by atoms with Gasteiger partial charge in [0, 0.05) is 69.5 Å². The van der Waals surface area contributed by atoms with E-state index in [2.05, 4.69) is 16.0 Å². The summed E-state index contributed by atoms with van der Waals surface area (Å²) >= 11 is 0. The van der Waals surface area contributed by atoms with E-state index in [1.165, 1.54) is 11.0 Å². The van der Waals surface area contributed by atoms with Gasteiger partial charge in [-0.15, -0.1) is 0 Å². The molecule has 0 bridgehead atoms. The van der Waals surface area contributed by atoms with E-state index < -0.39 is 23.2 Å². The molecule has 0 aromatic carbocycles. The van der Waals surface area contributed by atoms with Gasteiger partial charge in [0.2, 0.25) is 5.91 Å². The zero-order valence-corrected chi connectivity index (χ0v) is 20.5. The number of amides is 1. The largest absolute Gasteiger partial charge is 0.416 e. The standard InChI is InChI=1S/C14H20N2O2.C11H12F3N3O2/c1-2-12(8-15-5-1)10-18-14-3-6-16(9-14)13-4-7-17-11-13;12-11(13,14)7-3-8-5-16(6-9(15)18)1-2-17(8)10(19)4-7/h1-2,5,8,13-14H,3-4,6-7,9-11H2;3-4H,1-2,5-6H2,(H2,15,18). The fourth-order valence-corrected chi connectivity index (χ4v) is 4.83. The number of carbonyl (C=O) groups is 1. The molecule has 2 aromatic rings. The van der Waals surface area contributed by atoms with Gasteiger partial charge in [0.25, 0.3) is 5.56 Å². The topological polar surface area (TPSA) is 103 Å². The van der Waals surface area contributed by atoms with Gasteiger partial charge in [0.1, 0.15) is 0 Å². The van der Waals surface area contributed by atoms with Crippen molar-refractivity contribution in [2.45, 2.75) is 50.9 Å². The van der Waals surface area contributed by atoms with Gasteiger partial charge in [-0.25, -0.2) is 0 Å². The van der Waals surface area contributed by atoms with Crippen molar-refractivity contribution in [3.05, 3.63) is 63.8 Å². The maximum Gasteiger partial charge on any atom is 0.416 e. The Hall–Kier alpha value is -2.80. The van der Waals surface area contributed by atoms with Crippen LogP contribution in [0.3, 0.4) is 0 Å². The van der Waals surface area contributed by atoms with Crippen molar-refractivity contribution in [1.29, 1.82) is 0 Å².